The lowest BCUT2D eigenvalue weighted by Gasteiger charge is -2.15. The summed E-state index contributed by atoms with van der Waals surface area (Å²) in [7, 11) is 0. The smallest absolute Gasteiger partial charge is 0.411 e. The Morgan fingerprint density at radius 2 is 1.95 bits per heavy atom. The van der Waals surface area contributed by atoms with Gasteiger partial charge in [-0.25, -0.2) is 0 Å². The number of hydrogen-bond acceptors (Lipinski definition) is 3. The first-order chi connectivity index (χ1) is 9.33. The molecular formula is C13H17BrF3NO2. The van der Waals surface area contributed by atoms with Crippen LogP contribution in [0.15, 0.2) is 16.6 Å². The van der Waals surface area contributed by atoms with Crippen molar-refractivity contribution in [1.82, 2.24) is 0 Å². The largest absolute Gasteiger partial charge is 0.491 e. The van der Waals surface area contributed by atoms with Crippen LogP contribution in [0, 0.1) is 6.92 Å². The van der Waals surface area contributed by atoms with Crippen molar-refractivity contribution in [1.29, 1.82) is 0 Å². The molecule has 0 aromatic heterocycles. The van der Waals surface area contributed by atoms with E-state index < -0.39 is 12.8 Å². The molecule has 0 saturated heterocycles. The molecule has 0 aliphatic rings. The maximum absolute atomic E-state index is 11.9. The highest BCUT2D eigenvalue weighted by molar-refractivity contribution is 9.10. The van der Waals surface area contributed by atoms with Crippen molar-refractivity contribution in [3.8, 4) is 5.75 Å². The first-order valence-corrected chi connectivity index (χ1v) is 6.89. The van der Waals surface area contributed by atoms with Crippen LogP contribution in [0.25, 0.3) is 0 Å². The summed E-state index contributed by atoms with van der Waals surface area (Å²) in [6, 6.07) is 3.78. The Kier molecular flexibility index (Phi) is 6.78. The first kappa shape index (κ1) is 17.3. The molecule has 2 N–H and O–H groups in total. The lowest BCUT2D eigenvalue weighted by atomic mass is 10.1. The molecule has 0 saturated carbocycles. The van der Waals surface area contributed by atoms with Crippen molar-refractivity contribution < 1.29 is 22.6 Å². The Morgan fingerprint density at radius 1 is 1.25 bits per heavy atom. The predicted octanol–water partition coefficient (Wildman–Crippen LogP) is 3.22. The highest BCUT2D eigenvalue weighted by Crippen LogP contribution is 2.28. The fourth-order valence-electron chi connectivity index (χ4n) is 1.74. The van der Waals surface area contributed by atoms with Crippen LogP contribution in [0.1, 0.15) is 11.1 Å². The minimum Gasteiger partial charge on any atom is -0.491 e. The number of benzene rings is 1. The molecule has 114 valence electrons. The standard InChI is InChI=1S/C13H17BrF3NO2/c1-9-6-11(14)7-10(2-3-18)12(9)20-5-4-19-8-13(15,16)17/h6-7H,2-5,8,18H2,1H3. The lowest BCUT2D eigenvalue weighted by molar-refractivity contribution is -0.175. The summed E-state index contributed by atoms with van der Waals surface area (Å²) in [5.41, 5.74) is 7.36. The Balaban J connectivity index is 2.54. The molecule has 0 unspecified atom stereocenters. The van der Waals surface area contributed by atoms with Gasteiger partial charge in [0.05, 0.1) is 6.61 Å². The van der Waals surface area contributed by atoms with Crippen LogP contribution in [0.2, 0.25) is 0 Å². The third-order valence-corrected chi connectivity index (χ3v) is 2.93. The number of rotatable bonds is 7. The van der Waals surface area contributed by atoms with Gasteiger partial charge in [0.2, 0.25) is 0 Å². The topological polar surface area (TPSA) is 44.5 Å². The van der Waals surface area contributed by atoms with Crippen LogP contribution in [-0.2, 0) is 11.2 Å². The van der Waals surface area contributed by atoms with E-state index in [1.54, 1.807) is 0 Å². The van der Waals surface area contributed by atoms with E-state index in [1.165, 1.54) is 0 Å². The highest BCUT2D eigenvalue weighted by atomic mass is 79.9. The van der Waals surface area contributed by atoms with Crippen LogP contribution in [0.5, 0.6) is 5.75 Å². The molecule has 1 aromatic rings. The molecule has 0 aliphatic carbocycles. The van der Waals surface area contributed by atoms with Crippen molar-refractivity contribution in [3.63, 3.8) is 0 Å². The lowest BCUT2D eigenvalue weighted by Crippen LogP contribution is -2.19. The van der Waals surface area contributed by atoms with Gasteiger partial charge in [-0.15, -0.1) is 0 Å². The van der Waals surface area contributed by atoms with Crippen LogP contribution in [0.3, 0.4) is 0 Å². The van der Waals surface area contributed by atoms with Gasteiger partial charge in [-0.05, 0) is 43.1 Å². The second-order valence-electron chi connectivity index (χ2n) is 4.27. The SMILES string of the molecule is Cc1cc(Br)cc(CCN)c1OCCOCC(F)(F)F. The van der Waals surface area contributed by atoms with E-state index in [0.29, 0.717) is 18.7 Å². The van der Waals surface area contributed by atoms with E-state index in [9.17, 15) is 13.2 Å². The van der Waals surface area contributed by atoms with Crippen molar-refractivity contribution in [2.45, 2.75) is 19.5 Å². The summed E-state index contributed by atoms with van der Waals surface area (Å²) in [5.74, 6) is 0.661. The Morgan fingerprint density at radius 3 is 2.55 bits per heavy atom. The fraction of sp³-hybridized carbons (Fsp3) is 0.538. The van der Waals surface area contributed by atoms with Gasteiger partial charge in [0, 0.05) is 4.47 Å². The molecule has 0 aliphatic heterocycles. The van der Waals surface area contributed by atoms with Gasteiger partial charge in [-0.2, -0.15) is 13.2 Å². The molecule has 3 nitrogen and oxygen atoms in total. The fourth-order valence-corrected chi connectivity index (χ4v) is 2.36. The Labute approximate surface area is 124 Å². The average molecular weight is 356 g/mol. The molecule has 0 spiro atoms. The number of nitrogens with two attached hydrogens (primary N) is 1. The Bertz CT molecular complexity index is 438. The molecule has 1 rings (SSSR count). The normalized spacial score (nSPS) is 11.7. The van der Waals surface area contributed by atoms with E-state index in [4.69, 9.17) is 10.5 Å². The number of hydrogen-bond donors (Lipinski definition) is 1. The summed E-state index contributed by atoms with van der Waals surface area (Å²) < 4.78 is 46.6. The zero-order valence-corrected chi connectivity index (χ0v) is 12.7. The maximum atomic E-state index is 11.9. The number of alkyl halides is 3. The minimum absolute atomic E-state index is 0.0656. The minimum atomic E-state index is -4.31. The van der Waals surface area contributed by atoms with Gasteiger partial charge in [0.25, 0.3) is 0 Å². The third-order valence-electron chi connectivity index (χ3n) is 2.47. The average Bonchev–Trinajstić information content (AvgIpc) is 2.30. The van der Waals surface area contributed by atoms with E-state index in [1.807, 2.05) is 19.1 Å². The zero-order valence-electron chi connectivity index (χ0n) is 11.1. The second kappa shape index (κ2) is 7.85. The molecule has 0 heterocycles. The first-order valence-electron chi connectivity index (χ1n) is 6.10. The quantitative estimate of drug-likeness (QED) is 0.763. The van der Waals surface area contributed by atoms with Gasteiger partial charge in [0.1, 0.15) is 19.0 Å². The number of ether oxygens (including phenoxy) is 2. The molecule has 20 heavy (non-hydrogen) atoms. The van der Waals surface area contributed by atoms with E-state index >= 15 is 0 Å². The highest BCUT2D eigenvalue weighted by Gasteiger charge is 2.27. The van der Waals surface area contributed by atoms with Gasteiger partial charge >= 0.3 is 6.18 Å². The van der Waals surface area contributed by atoms with Gasteiger partial charge in [-0.3, -0.25) is 0 Å². The molecule has 0 fully saturated rings. The molecule has 0 atom stereocenters. The van der Waals surface area contributed by atoms with E-state index in [2.05, 4.69) is 20.7 Å². The summed E-state index contributed by atoms with van der Waals surface area (Å²) in [6.45, 7) is 1.03. The number of aryl methyl sites for hydroxylation is 1. The van der Waals surface area contributed by atoms with Crippen molar-refractivity contribution in [3.05, 3.63) is 27.7 Å². The maximum Gasteiger partial charge on any atom is 0.411 e. The van der Waals surface area contributed by atoms with Crippen LogP contribution in [-0.4, -0.2) is 32.5 Å². The molecular weight excluding hydrogens is 339 g/mol. The van der Waals surface area contributed by atoms with Crippen molar-refractivity contribution >= 4 is 15.9 Å². The van der Waals surface area contributed by atoms with Crippen molar-refractivity contribution in [2.75, 3.05) is 26.4 Å². The summed E-state index contributed by atoms with van der Waals surface area (Å²) in [4.78, 5) is 0. The van der Waals surface area contributed by atoms with E-state index in [0.717, 1.165) is 15.6 Å². The molecule has 0 amide bonds. The third kappa shape index (κ3) is 6.11. The summed E-state index contributed by atoms with van der Waals surface area (Å²) >= 11 is 3.39. The number of halogens is 4. The summed E-state index contributed by atoms with van der Waals surface area (Å²) in [5, 5.41) is 0. The van der Waals surface area contributed by atoms with Crippen molar-refractivity contribution in [2.24, 2.45) is 5.73 Å². The second-order valence-corrected chi connectivity index (χ2v) is 5.18. The van der Waals surface area contributed by atoms with Crippen LogP contribution in [0.4, 0.5) is 13.2 Å². The molecule has 0 radical (unpaired) electrons. The van der Waals surface area contributed by atoms with Gasteiger partial charge in [-0.1, -0.05) is 15.9 Å². The van der Waals surface area contributed by atoms with Gasteiger partial charge < -0.3 is 15.2 Å². The zero-order chi connectivity index (χ0) is 15.2. The van der Waals surface area contributed by atoms with Crippen LogP contribution >= 0.6 is 15.9 Å². The molecule has 0 bridgehead atoms. The van der Waals surface area contributed by atoms with Gasteiger partial charge in [0.15, 0.2) is 0 Å². The molecule has 1 aromatic carbocycles. The Hall–Kier alpha value is -0.790. The molecule has 7 heteroatoms. The summed E-state index contributed by atoms with van der Waals surface area (Å²) in [6.07, 6.45) is -3.67. The van der Waals surface area contributed by atoms with E-state index in [-0.39, 0.29) is 13.2 Å². The van der Waals surface area contributed by atoms with Crippen LogP contribution < -0.4 is 10.5 Å². The predicted molar refractivity (Wildman–Crippen MR) is 74.0 cm³/mol. The monoisotopic (exact) mass is 355 g/mol.